The second-order valence-electron chi connectivity index (χ2n) is 8.88. The molecule has 2 heterocycles. The average Bonchev–Trinajstić information content (AvgIpc) is 2.99. The zero-order valence-corrected chi connectivity index (χ0v) is 18.3. The summed E-state index contributed by atoms with van der Waals surface area (Å²) in [6, 6.07) is 4.03. The number of rotatable bonds is 5. The number of hydrogen-bond acceptors (Lipinski definition) is 4. The molecule has 1 atom stereocenters. The first-order valence-electron chi connectivity index (χ1n) is 9.90. The van der Waals surface area contributed by atoms with Crippen LogP contribution in [-0.4, -0.2) is 41.6 Å². The Morgan fingerprint density at radius 1 is 1.26 bits per heavy atom. The van der Waals surface area contributed by atoms with Crippen molar-refractivity contribution in [3.63, 3.8) is 0 Å². The molecule has 1 aromatic heterocycles. The predicted molar refractivity (Wildman–Crippen MR) is 110 cm³/mol. The number of amides is 2. The van der Waals surface area contributed by atoms with Crippen molar-refractivity contribution >= 4 is 23.3 Å². The normalized spacial score (nSPS) is 17.1. The lowest BCUT2D eigenvalue weighted by atomic mass is 9.86. The number of aryl methyl sites for hydroxylation is 1. The molecule has 0 aromatic carbocycles. The molecule has 0 spiro atoms. The van der Waals surface area contributed by atoms with Crippen LogP contribution < -0.4 is 5.32 Å². The van der Waals surface area contributed by atoms with Crippen LogP contribution in [0.15, 0.2) is 12.1 Å². The Bertz CT molecular complexity index is 640. The summed E-state index contributed by atoms with van der Waals surface area (Å²) in [5.41, 5.74) is -0.457. The monoisotopic (exact) mass is 394 g/mol. The van der Waals surface area contributed by atoms with E-state index in [9.17, 15) is 9.59 Å². The minimum absolute atomic E-state index is 0.0259. The molecule has 1 fully saturated rings. The third-order valence-electron chi connectivity index (χ3n) is 4.94. The maximum atomic E-state index is 12.5. The molecule has 152 valence electrons. The standard InChI is InChI=1S/C21H34N2O3S/c1-14(2)17(22-19(24)18-8-7-15(3)27-18)13-16-9-11-23(12-10-16)20(25)26-21(4,5)6/h7-8,14,16-17H,9-13H2,1-6H3,(H,22,24). The van der Waals surface area contributed by atoms with E-state index in [4.69, 9.17) is 4.74 Å². The van der Waals surface area contributed by atoms with Gasteiger partial charge in [0.05, 0.1) is 4.88 Å². The molecule has 1 aromatic rings. The fourth-order valence-corrected chi connectivity index (χ4v) is 4.10. The third-order valence-corrected chi connectivity index (χ3v) is 5.94. The summed E-state index contributed by atoms with van der Waals surface area (Å²) >= 11 is 1.53. The summed E-state index contributed by atoms with van der Waals surface area (Å²) in [6.45, 7) is 13.4. The molecule has 5 nitrogen and oxygen atoms in total. The Morgan fingerprint density at radius 2 is 1.89 bits per heavy atom. The van der Waals surface area contributed by atoms with Crippen molar-refractivity contribution in [3.05, 3.63) is 21.9 Å². The SMILES string of the molecule is Cc1ccc(C(=O)NC(CC2CCN(C(=O)OC(C)(C)C)CC2)C(C)C)s1. The van der Waals surface area contributed by atoms with Crippen molar-refractivity contribution in [2.24, 2.45) is 11.8 Å². The van der Waals surface area contributed by atoms with Gasteiger partial charge in [0.25, 0.3) is 5.91 Å². The van der Waals surface area contributed by atoms with Gasteiger partial charge >= 0.3 is 6.09 Å². The average molecular weight is 395 g/mol. The van der Waals surface area contributed by atoms with E-state index >= 15 is 0 Å². The van der Waals surface area contributed by atoms with Crippen LogP contribution >= 0.6 is 11.3 Å². The number of nitrogens with one attached hydrogen (secondary N) is 1. The van der Waals surface area contributed by atoms with Gasteiger partial charge in [-0.1, -0.05) is 13.8 Å². The molecule has 0 saturated carbocycles. The fourth-order valence-electron chi connectivity index (χ4n) is 3.33. The van der Waals surface area contributed by atoms with E-state index in [0.29, 0.717) is 11.8 Å². The highest BCUT2D eigenvalue weighted by Crippen LogP contribution is 2.26. The minimum atomic E-state index is -0.457. The molecular formula is C21H34N2O3S. The number of carbonyl (C=O) groups is 2. The molecule has 1 unspecified atom stereocenters. The highest BCUT2D eigenvalue weighted by atomic mass is 32.1. The minimum Gasteiger partial charge on any atom is -0.444 e. The van der Waals surface area contributed by atoms with Crippen LogP contribution in [0, 0.1) is 18.8 Å². The summed E-state index contributed by atoms with van der Waals surface area (Å²) in [5.74, 6) is 0.915. The van der Waals surface area contributed by atoms with Crippen LogP contribution in [0.3, 0.4) is 0 Å². The summed E-state index contributed by atoms with van der Waals surface area (Å²) in [5, 5.41) is 3.22. The molecule has 0 radical (unpaired) electrons. The number of thiophene rings is 1. The van der Waals surface area contributed by atoms with Gasteiger partial charge in [-0.15, -0.1) is 11.3 Å². The molecule has 0 bridgehead atoms. The van der Waals surface area contributed by atoms with Crippen molar-refractivity contribution < 1.29 is 14.3 Å². The number of ether oxygens (including phenoxy) is 1. The maximum absolute atomic E-state index is 12.5. The number of likely N-dealkylation sites (tertiary alicyclic amines) is 1. The van der Waals surface area contributed by atoms with E-state index in [2.05, 4.69) is 19.2 Å². The van der Waals surface area contributed by atoms with Crippen molar-refractivity contribution in [2.75, 3.05) is 13.1 Å². The summed E-state index contributed by atoms with van der Waals surface area (Å²) in [4.78, 5) is 28.5. The zero-order valence-electron chi connectivity index (χ0n) is 17.5. The predicted octanol–water partition coefficient (Wildman–Crippen LogP) is 4.85. The molecule has 1 saturated heterocycles. The van der Waals surface area contributed by atoms with Gasteiger partial charge in [-0.05, 0) is 70.9 Å². The highest BCUT2D eigenvalue weighted by Gasteiger charge is 2.29. The van der Waals surface area contributed by atoms with E-state index < -0.39 is 5.60 Å². The molecule has 1 aliphatic heterocycles. The van der Waals surface area contributed by atoms with Gasteiger partial charge in [0.1, 0.15) is 5.60 Å². The molecule has 27 heavy (non-hydrogen) atoms. The van der Waals surface area contributed by atoms with Gasteiger partial charge in [-0.25, -0.2) is 4.79 Å². The summed E-state index contributed by atoms with van der Waals surface area (Å²) < 4.78 is 5.47. The summed E-state index contributed by atoms with van der Waals surface area (Å²) in [7, 11) is 0. The Kier molecular flexibility index (Phi) is 7.32. The Morgan fingerprint density at radius 3 is 2.37 bits per heavy atom. The van der Waals surface area contributed by atoms with Gasteiger partial charge in [-0.3, -0.25) is 4.79 Å². The first kappa shape index (κ1) is 21.7. The van der Waals surface area contributed by atoms with Gasteiger partial charge in [-0.2, -0.15) is 0 Å². The van der Waals surface area contributed by atoms with Gasteiger partial charge < -0.3 is 15.0 Å². The summed E-state index contributed by atoms with van der Waals surface area (Å²) in [6.07, 6.45) is 2.64. The van der Waals surface area contributed by atoms with E-state index in [-0.39, 0.29) is 18.0 Å². The van der Waals surface area contributed by atoms with Crippen LogP contribution in [-0.2, 0) is 4.74 Å². The van der Waals surface area contributed by atoms with Crippen molar-refractivity contribution in [2.45, 2.75) is 72.4 Å². The van der Waals surface area contributed by atoms with E-state index in [0.717, 1.165) is 42.1 Å². The van der Waals surface area contributed by atoms with E-state index in [1.807, 2.05) is 39.8 Å². The molecule has 1 aliphatic rings. The molecule has 0 aliphatic carbocycles. The zero-order chi connectivity index (χ0) is 20.2. The molecule has 2 rings (SSSR count). The topological polar surface area (TPSA) is 58.6 Å². The molecule has 1 N–H and O–H groups in total. The van der Waals surface area contributed by atoms with Crippen LogP contribution in [0.4, 0.5) is 4.79 Å². The van der Waals surface area contributed by atoms with Gasteiger partial charge in [0.2, 0.25) is 0 Å². The lowest BCUT2D eigenvalue weighted by Crippen LogP contribution is -2.44. The third kappa shape index (κ3) is 6.83. The van der Waals surface area contributed by atoms with Crippen molar-refractivity contribution in [1.29, 1.82) is 0 Å². The van der Waals surface area contributed by atoms with E-state index in [1.54, 1.807) is 4.90 Å². The first-order chi connectivity index (χ1) is 12.5. The number of piperidine rings is 1. The second kappa shape index (κ2) is 9.09. The van der Waals surface area contributed by atoms with Crippen LogP contribution in [0.5, 0.6) is 0 Å². The highest BCUT2D eigenvalue weighted by molar-refractivity contribution is 7.13. The van der Waals surface area contributed by atoms with Crippen LogP contribution in [0.1, 0.15) is 68.4 Å². The second-order valence-corrected chi connectivity index (χ2v) is 10.2. The smallest absolute Gasteiger partial charge is 0.410 e. The Hall–Kier alpha value is -1.56. The quantitative estimate of drug-likeness (QED) is 0.777. The Labute approximate surface area is 167 Å². The van der Waals surface area contributed by atoms with Crippen LogP contribution in [0.25, 0.3) is 0 Å². The molecular weight excluding hydrogens is 360 g/mol. The van der Waals surface area contributed by atoms with E-state index in [1.165, 1.54) is 11.3 Å². The lowest BCUT2D eigenvalue weighted by molar-refractivity contribution is 0.0176. The number of nitrogens with zero attached hydrogens (tertiary/aromatic N) is 1. The number of hydrogen-bond donors (Lipinski definition) is 1. The van der Waals surface area contributed by atoms with Gasteiger partial charge in [0.15, 0.2) is 0 Å². The number of carbonyl (C=O) groups excluding carboxylic acids is 2. The van der Waals surface area contributed by atoms with Gasteiger partial charge in [0, 0.05) is 24.0 Å². The van der Waals surface area contributed by atoms with Crippen LogP contribution in [0.2, 0.25) is 0 Å². The maximum Gasteiger partial charge on any atom is 0.410 e. The van der Waals surface area contributed by atoms with Crippen molar-refractivity contribution in [3.8, 4) is 0 Å². The van der Waals surface area contributed by atoms with Crippen molar-refractivity contribution in [1.82, 2.24) is 10.2 Å². The Balaban J connectivity index is 1.85. The fraction of sp³-hybridized carbons (Fsp3) is 0.714. The lowest BCUT2D eigenvalue weighted by Gasteiger charge is -2.35. The molecule has 6 heteroatoms. The largest absolute Gasteiger partial charge is 0.444 e. The molecule has 2 amide bonds. The first-order valence-corrected chi connectivity index (χ1v) is 10.7.